The van der Waals surface area contributed by atoms with Crippen molar-refractivity contribution in [2.45, 2.75) is 31.7 Å². The number of likely N-dealkylation sites (tertiary alicyclic amines) is 1. The maximum absolute atomic E-state index is 13.6. The minimum atomic E-state index is 0.0886. The third-order valence-corrected chi connectivity index (χ3v) is 6.83. The van der Waals surface area contributed by atoms with Crippen molar-refractivity contribution in [3.8, 4) is 11.1 Å². The van der Waals surface area contributed by atoms with E-state index in [0.717, 1.165) is 72.9 Å². The molecular weight excluding hydrogens is 410 g/mol. The monoisotopic (exact) mass is 441 g/mol. The van der Waals surface area contributed by atoms with E-state index in [4.69, 9.17) is 9.97 Å². The molecule has 3 heterocycles. The van der Waals surface area contributed by atoms with E-state index in [9.17, 15) is 4.79 Å². The van der Waals surface area contributed by atoms with Crippen LogP contribution in [0, 0.1) is 0 Å². The second-order valence-corrected chi connectivity index (χ2v) is 9.10. The molecule has 33 heavy (non-hydrogen) atoms. The van der Waals surface area contributed by atoms with Gasteiger partial charge in [0.15, 0.2) is 0 Å². The van der Waals surface area contributed by atoms with Crippen molar-refractivity contribution in [3.63, 3.8) is 0 Å². The number of anilines is 1. The van der Waals surface area contributed by atoms with Gasteiger partial charge in [-0.25, -0.2) is 9.97 Å². The predicted octanol–water partition coefficient (Wildman–Crippen LogP) is 4.19. The van der Waals surface area contributed by atoms with Gasteiger partial charge in [0.2, 0.25) is 0 Å². The van der Waals surface area contributed by atoms with Crippen molar-refractivity contribution in [1.82, 2.24) is 19.8 Å². The van der Waals surface area contributed by atoms with Crippen LogP contribution < -0.4 is 5.32 Å². The summed E-state index contributed by atoms with van der Waals surface area (Å²) in [5, 5.41) is 3.28. The smallest absolute Gasteiger partial charge is 0.254 e. The number of hydrogen-bond acceptors (Lipinski definition) is 5. The van der Waals surface area contributed by atoms with Crippen molar-refractivity contribution in [2.75, 3.05) is 39.0 Å². The number of aromatic nitrogens is 2. The molecule has 1 aromatic heterocycles. The summed E-state index contributed by atoms with van der Waals surface area (Å²) in [5.74, 6) is 2.05. The van der Waals surface area contributed by atoms with Crippen molar-refractivity contribution < 1.29 is 4.79 Å². The summed E-state index contributed by atoms with van der Waals surface area (Å²) in [6.45, 7) is 3.29. The number of likely N-dealkylation sites (N-methyl/N-ethyl adjacent to an activating group) is 1. The van der Waals surface area contributed by atoms with Crippen LogP contribution in [0.1, 0.15) is 46.2 Å². The van der Waals surface area contributed by atoms with Gasteiger partial charge in [-0.15, -0.1) is 0 Å². The molecule has 0 spiro atoms. The van der Waals surface area contributed by atoms with Crippen LogP contribution in [0.25, 0.3) is 11.1 Å². The topological polar surface area (TPSA) is 61.4 Å². The van der Waals surface area contributed by atoms with Gasteiger partial charge in [-0.2, -0.15) is 0 Å². The number of rotatable bonds is 4. The first kappa shape index (κ1) is 21.6. The highest BCUT2D eigenvalue weighted by molar-refractivity contribution is 6.01. The standard InChI is InChI=1S/C27H31N5O/c1-28-26-23-14-16-31(2)18-24(23)29-25(30-26)20-11-8-15-32(17-20)27(33)22-13-7-6-12-21(22)19-9-4-3-5-10-19/h3-7,9-10,12-13,20H,8,11,14-18H2,1-2H3,(H,28,29,30). The summed E-state index contributed by atoms with van der Waals surface area (Å²) < 4.78 is 0. The average Bonchev–Trinajstić information content (AvgIpc) is 2.88. The fourth-order valence-electron chi connectivity index (χ4n) is 5.05. The zero-order valence-electron chi connectivity index (χ0n) is 19.4. The molecule has 2 aliphatic rings. The summed E-state index contributed by atoms with van der Waals surface area (Å²) in [5.41, 5.74) is 5.16. The average molecular weight is 442 g/mol. The molecule has 1 unspecified atom stereocenters. The van der Waals surface area contributed by atoms with Gasteiger partial charge in [-0.3, -0.25) is 4.79 Å². The molecule has 0 bridgehead atoms. The van der Waals surface area contributed by atoms with Gasteiger partial charge < -0.3 is 15.1 Å². The number of fused-ring (bicyclic) bond motifs is 1. The highest BCUT2D eigenvalue weighted by Gasteiger charge is 2.30. The Labute approximate surface area is 195 Å². The lowest BCUT2D eigenvalue weighted by Crippen LogP contribution is -2.40. The fraction of sp³-hybridized carbons (Fsp3) is 0.370. The first-order valence-electron chi connectivity index (χ1n) is 11.8. The number of nitrogens with one attached hydrogen (secondary N) is 1. The number of benzene rings is 2. The number of carbonyl (C=O) groups is 1. The second-order valence-electron chi connectivity index (χ2n) is 9.10. The molecule has 0 radical (unpaired) electrons. The van der Waals surface area contributed by atoms with Gasteiger partial charge in [0.1, 0.15) is 11.6 Å². The Balaban J connectivity index is 1.42. The quantitative estimate of drug-likeness (QED) is 0.658. The van der Waals surface area contributed by atoms with E-state index in [2.05, 4.69) is 29.4 Å². The number of piperidine rings is 1. The molecule has 1 N–H and O–H groups in total. The number of hydrogen-bond donors (Lipinski definition) is 1. The molecule has 1 saturated heterocycles. The van der Waals surface area contributed by atoms with E-state index in [-0.39, 0.29) is 11.8 Å². The summed E-state index contributed by atoms with van der Waals surface area (Å²) in [6.07, 6.45) is 2.93. The largest absolute Gasteiger partial charge is 0.373 e. The van der Waals surface area contributed by atoms with E-state index in [1.807, 2.05) is 54.4 Å². The van der Waals surface area contributed by atoms with Crippen LogP contribution in [0.5, 0.6) is 0 Å². The molecular formula is C27H31N5O. The molecule has 5 rings (SSSR count). The van der Waals surface area contributed by atoms with Gasteiger partial charge in [0.25, 0.3) is 5.91 Å². The van der Waals surface area contributed by atoms with E-state index < -0.39 is 0 Å². The Bertz CT molecular complexity index is 1150. The van der Waals surface area contributed by atoms with Gasteiger partial charge in [0, 0.05) is 50.3 Å². The third kappa shape index (κ3) is 4.35. The van der Waals surface area contributed by atoms with Crippen molar-refractivity contribution in [2.24, 2.45) is 0 Å². The van der Waals surface area contributed by atoms with Crippen LogP contribution >= 0.6 is 0 Å². The maximum atomic E-state index is 13.6. The molecule has 3 aromatic rings. The normalized spacial score (nSPS) is 18.6. The Morgan fingerprint density at radius 3 is 2.64 bits per heavy atom. The van der Waals surface area contributed by atoms with Crippen LogP contribution in [0.15, 0.2) is 54.6 Å². The highest BCUT2D eigenvalue weighted by atomic mass is 16.2. The van der Waals surface area contributed by atoms with Crippen molar-refractivity contribution in [3.05, 3.63) is 77.2 Å². The van der Waals surface area contributed by atoms with Gasteiger partial charge >= 0.3 is 0 Å². The molecule has 1 fully saturated rings. The highest BCUT2D eigenvalue weighted by Crippen LogP contribution is 2.31. The van der Waals surface area contributed by atoms with E-state index in [1.54, 1.807) is 0 Å². The lowest BCUT2D eigenvalue weighted by Gasteiger charge is -2.33. The van der Waals surface area contributed by atoms with Gasteiger partial charge in [-0.1, -0.05) is 48.5 Å². The van der Waals surface area contributed by atoms with E-state index in [1.165, 1.54) is 5.56 Å². The Kier molecular flexibility index (Phi) is 6.09. The summed E-state index contributed by atoms with van der Waals surface area (Å²) in [7, 11) is 4.07. The third-order valence-electron chi connectivity index (χ3n) is 6.83. The van der Waals surface area contributed by atoms with Crippen LogP contribution in [-0.2, 0) is 13.0 Å². The van der Waals surface area contributed by atoms with Crippen LogP contribution in [0.4, 0.5) is 5.82 Å². The van der Waals surface area contributed by atoms with Crippen LogP contribution in [0.3, 0.4) is 0 Å². The second kappa shape index (κ2) is 9.32. The molecule has 1 amide bonds. The summed E-state index contributed by atoms with van der Waals surface area (Å²) >= 11 is 0. The minimum absolute atomic E-state index is 0.0886. The number of amides is 1. The number of nitrogens with zero attached hydrogens (tertiary/aromatic N) is 4. The first-order valence-corrected chi connectivity index (χ1v) is 11.8. The summed E-state index contributed by atoms with van der Waals surface area (Å²) in [6, 6.07) is 18.1. The summed E-state index contributed by atoms with van der Waals surface area (Å²) in [4.78, 5) is 27.8. The molecule has 6 nitrogen and oxygen atoms in total. The number of carbonyl (C=O) groups excluding carboxylic acids is 1. The maximum Gasteiger partial charge on any atom is 0.254 e. The first-order chi connectivity index (χ1) is 16.1. The molecule has 2 aromatic carbocycles. The predicted molar refractivity (Wildman–Crippen MR) is 131 cm³/mol. The molecule has 170 valence electrons. The van der Waals surface area contributed by atoms with Crippen LogP contribution in [0.2, 0.25) is 0 Å². The van der Waals surface area contributed by atoms with Gasteiger partial charge in [-0.05, 0) is 43.5 Å². The van der Waals surface area contributed by atoms with Gasteiger partial charge in [0.05, 0.1) is 5.69 Å². The molecule has 0 saturated carbocycles. The molecule has 2 aliphatic heterocycles. The lowest BCUT2D eigenvalue weighted by molar-refractivity contribution is 0.0705. The molecule has 1 atom stereocenters. The SMILES string of the molecule is CNc1nc(C2CCCN(C(=O)c3ccccc3-c3ccccc3)C2)nc2c1CCN(C)C2. The van der Waals surface area contributed by atoms with E-state index in [0.29, 0.717) is 6.54 Å². The Morgan fingerprint density at radius 2 is 1.82 bits per heavy atom. The molecule has 6 heteroatoms. The van der Waals surface area contributed by atoms with E-state index >= 15 is 0 Å². The lowest BCUT2D eigenvalue weighted by atomic mass is 9.94. The van der Waals surface area contributed by atoms with Crippen LogP contribution in [-0.4, -0.2) is 59.4 Å². The minimum Gasteiger partial charge on any atom is -0.373 e. The fourth-order valence-corrected chi connectivity index (χ4v) is 5.05. The zero-order chi connectivity index (χ0) is 22.8. The van der Waals surface area contributed by atoms with Crippen molar-refractivity contribution >= 4 is 11.7 Å². The Morgan fingerprint density at radius 1 is 1.03 bits per heavy atom. The zero-order valence-corrected chi connectivity index (χ0v) is 19.4. The van der Waals surface area contributed by atoms with Crippen molar-refractivity contribution in [1.29, 1.82) is 0 Å². The Hall–Kier alpha value is -3.25. The molecule has 0 aliphatic carbocycles.